The van der Waals surface area contributed by atoms with Crippen LogP contribution in [-0.2, 0) is 0 Å². The molecule has 58 valence electrons. The van der Waals surface area contributed by atoms with E-state index < -0.39 is 5.24 Å². The minimum Gasteiger partial charge on any atom is -0.274 e. The summed E-state index contributed by atoms with van der Waals surface area (Å²) in [5.74, 6) is 0. The monoisotopic (exact) mass is 210 g/mol. The van der Waals surface area contributed by atoms with Crippen molar-refractivity contribution in [2.45, 2.75) is 0 Å². The van der Waals surface area contributed by atoms with Crippen LogP contribution in [0.3, 0.4) is 0 Å². The van der Waals surface area contributed by atoms with Crippen LogP contribution in [0.15, 0.2) is 6.20 Å². The Morgan fingerprint density at radius 3 is 2.55 bits per heavy atom. The van der Waals surface area contributed by atoms with Gasteiger partial charge in [0.15, 0.2) is 5.69 Å². The highest BCUT2D eigenvalue weighted by atomic mass is 35.5. The molecule has 0 aliphatic heterocycles. The van der Waals surface area contributed by atoms with E-state index in [1.54, 1.807) is 0 Å². The summed E-state index contributed by atoms with van der Waals surface area (Å²) in [4.78, 5) is 10.5. The molecule has 1 aromatic rings. The molecule has 0 saturated carbocycles. The Morgan fingerprint density at radius 2 is 2.09 bits per heavy atom. The number of halogens is 3. The second-order valence-corrected chi connectivity index (χ2v) is 2.76. The first kappa shape index (κ1) is 8.71. The van der Waals surface area contributed by atoms with Gasteiger partial charge in [0.25, 0.3) is 5.24 Å². The molecule has 0 saturated heterocycles. The zero-order chi connectivity index (χ0) is 8.43. The number of carbonyl (C=O) groups excluding carboxylic acids is 1. The summed E-state index contributed by atoms with van der Waals surface area (Å²) >= 11 is 16.2. The van der Waals surface area contributed by atoms with Gasteiger partial charge in [-0.1, -0.05) is 23.2 Å². The van der Waals surface area contributed by atoms with E-state index in [0.717, 1.165) is 0 Å². The molecule has 1 heterocycles. The Morgan fingerprint density at radius 1 is 1.45 bits per heavy atom. The second kappa shape index (κ2) is 3.34. The van der Waals surface area contributed by atoms with Crippen LogP contribution in [0, 0.1) is 0 Å². The quantitative estimate of drug-likeness (QED) is 0.669. The molecule has 0 fully saturated rings. The third kappa shape index (κ3) is 1.80. The first-order valence-electron chi connectivity index (χ1n) is 2.49. The Bertz CT molecular complexity index is 302. The van der Waals surface area contributed by atoms with Gasteiger partial charge in [0, 0.05) is 0 Å². The van der Waals surface area contributed by atoms with Crippen molar-refractivity contribution in [3.05, 3.63) is 21.9 Å². The van der Waals surface area contributed by atoms with Crippen LogP contribution in [0.5, 0.6) is 0 Å². The maximum atomic E-state index is 10.5. The van der Waals surface area contributed by atoms with Gasteiger partial charge in [-0.15, -0.1) is 5.10 Å². The largest absolute Gasteiger partial charge is 0.274 e. The fourth-order valence-corrected chi connectivity index (χ4v) is 0.963. The molecular weight excluding hydrogens is 210 g/mol. The molecule has 0 N–H and O–H groups in total. The minimum absolute atomic E-state index is 0.0293. The van der Waals surface area contributed by atoms with Crippen molar-refractivity contribution in [3.63, 3.8) is 0 Å². The molecule has 0 aromatic carbocycles. The zero-order valence-electron chi connectivity index (χ0n) is 5.01. The van der Waals surface area contributed by atoms with E-state index in [1.807, 2.05) is 0 Å². The average molecular weight is 211 g/mol. The third-order valence-corrected chi connectivity index (χ3v) is 1.88. The highest BCUT2D eigenvalue weighted by Gasteiger charge is 2.12. The Hall–Kier alpha value is -0.380. The normalized spacial score (nSPS) is 9.73. The molecular formula is C5HCl3N2O. The van der Waals surface area contributed by atoms with Crippen LogP contribution in [0.25, 0.3) is 0 Å². The maximum Gasteiger partial charge on any atom is 0.274 e. The first-order valence-corrected chi connectivity index (χ1v) is 3.63. The maximum absolute atomic E-state index is 10.5. The van der Waals surface area contributed by atoms with E-state index in [1.165, 1.54) is 6.20 Å². The number of hydrogen-bond donors (Lipinski definition) is 0. The topological polar surface area (TPSA) is 42.9 Å². The lowest BCUT2D eigenvalue weighted by Gasteiger charge is -1.95. The third-order valence-electron chi connectivity index (χ3n) is 0.933. The van der Waals surface area contributed by atoms with Crippen LogP contribution in [0.2, 0.25) is 10.0 Å². The van der Waals surface area contributed by atoms with Gasteiger partial charge in [0.2, 0.25) is 0 Å². The van der Waals surface area contributed by atoms with E-state index in [9.17, 15) is 4.79 Å². The molecule has 0 radical (unpaired) electrons. The fourth-order valence-electron chi connectivity index (χ4n) is 0.477. The lowest BCUT2D eigenvalue weighted by Crippen LogP contribution is -1.97. The second-order valence-electron chi connectivity index (χ2n) is 1.63. The summed E-state index contributed by atoms with van der Waals surface area (Å²) in [5.41, 5.74) is -0.124. The highest BCUT2D eigenvalue weighted by molar-refractivity contribution is 6.68. The predicted molar refractivity (Wildman–Crippen MR) is 42.2 cm³/mol. The summed E-state index contributed by atoms with van der Waals surface area (Å²) in [6.45, 7) is 0. The minimum atomic E-state index is -0.773. The molecule has 11 heavy (non-hydrogen) atoms. The highest BCUT2D eigenvalue weighted by Crippen LogP contribution is 2.23. The molecule has 0 atom stereocenters. The number of aromatic nitrogens is 2. The molecule has 3 nitrogen and oxygen atoms in total. The summed E-state index contributed by atoms with van der Waals surface area (Å²) in [6, 6.07) is 0. The lowest BCUT2D eigenvalue weighted by atomic mass is 10.4. The lowest BCUT2D eigenvalue weighted by molar-refractivity contribution is 0.107. The molecule has 1 aromatic heterocycles. The molecule has 0 spiro atoms. The SMILES string of the molecule is O=C(Cl)c1nncc(Cl)c1Cl. The van der Waals surface area contributed by atoms with Gasteiger partial charge in [0.1, 0.15) is 0 Å². The zero-order valence-corrected chi connectivity index (χ0v) is 7.28. The van der Waals surface area contributed by atoms with Crippen molar-refractivity contribution in [1.29, 1.82) is 0 Å². The smallest absolute Gasteiger partial charge is 0.274 e. The van der Waals surface area contributed by atoms with Gasteiger partial charge in [-0.25, -0.2) is 0 Å². The Kier molecular flexibility index (Phi) is 2.65. The van der Waals surface area contributed by atoms with Crippen LogP contribution in [-0.4, -0.2) is 15.4 Å². The molecule has 0 aliphatic rings. The number of nitrogens with zero attached hydrogens (tertiary/aromatic N) is 2. The van der Waals surface area contributed by atoms with Gasteiger partial charge < -0.3 is 0 Å². The van der Waals surface area contributed by atoms with E-state index in [0.29, 0.717) is 0 Å². The van der Waals surface area contributed by atoms with Gasteiger partial charge in [-0.3, -0.25) is 4.79 Å². The van der Waals surface area contributed by atoms with E-state index in [4.69, 9.17) is 34.8 Å². The van der Waals surface area contributed by atoms with E-state index >= 15 is 0 Å². The molecule has 6 heteroatoms. The van der Waals surface area contributed by atoms with Gasteiger partial charge in [-0.2, -0.15) is 5.10 Å². The first-order chi connectivity index (χ1) is 5.13. The molecule has 0 aliphatic carbocycles. The van der Waals surface area contributed by atoms with Crippen molar-refractivity contribution in [2.24, 2.45) is 0 Å². The number of rotatable bonds is 1. The summed E-state index contributed by atoms with van der Waals surface area (Å²) in [6.07, 6.45) is 1.23. The average Bonchev–Trinajstić information content (AvgIpc) is 1.94. The van der Waals surface area contributed by atoms with E-state index in [-0.39, 0.29) is 15.7 Å². The van der Waals surface area contributed by atoms with Crippen LogP contribution < -0.4 is 0 Å². The number of hydrogen-bond acceptors (Lipinski definition) is 3. The van der Waals surface area contributed by atoms with Crippen molar-refractivity contribution in [1.82, 2.24) is 10.2 Å². The van der Waals surface area contributed by atoms with Crippen LogP contribution in [0.1, 0.15) is 10.5 Å². The Labute approximate surface area is 77.3 Å². The van der Waals surface area contributed by atoms with E-state index in [2.05, 4.69) is 10.2 Å². The van der Waals surface area contributed by atoms with Crippen LogP contribution in [0.4, 0.5) is 0 Å². The Balaban J connectivity index is 3.27. The van der Waals surface area contributed by atoms with Crippen molar-refractivity contribution >= 4 is 40.0 Å². The summed E-state index contributed by atoms with van der Waals surface area (Å²) in [7, 11) is 0. The molecule has 0 bridgehead atoms. The van der Waals surface area contributed by atoms with Crippen molar-refractivity contribution < 1.29 is 4.79 Å². The van der Waals surface area contributed by atoms with Crippen LogP contribution >= 0.6 is 34.8 Å². The van der Waals surface area contributed by atoms with Crippen molar-refractivity contribution in [3.8, 4) is 0 Å². The van der Waals surface area contributed by atoms with Gasteiger partial charge in [0.05, 0.1) is 16.2 Å². The number of carbonyl (C=O) groups is 1. The summed E-state index contributed by atoms with van der Waals surface area (Å²) in [5, 5.41) is 6.20. The molecule has 0 amide bonds. The predicted octanol–water partition coefficient (Wildman–Crippen LogP) is 2.16. The molecule has 1 rings (SSSR count). The van der Waals surface area contributed by atoms with Gasteiger partial charge >= 0.3 is 0 Å². The van der Waals surface area contributed by atoms with Crippen molar-refractivity contribution in [2.75, 3.05) is 0 Å². The summed E-state index contributed by atoms with van der Waals surface area (Å²) < 4.78 is 0. The van der Waals surface area contributed by atoms with Gasteiger partial charge in [-0.05, 0) is 11.6 Å². The standard InChI is InChI=1S/C5HCl3N2O/c6-2-1-9-10-4(3(2)7)5(8)11/h1H. The fraction of sp³-hybridized carbons (Fsp3) is 0. The molecule has 0 unspecified atom stereocenters.